The Kier molecular flexibility index (Phi) is 5.68. The summed E-state index contributed by atoms with van der Waals surface area (Å²) in [5.74, 6) is 1.13. The normalized spacial score (nSPS) is 15.0. The van der Waals surface area contributed by atoms with Crippen molar-refractivity contribution in [3.63, 3.8) is 0 Å². The van der Waals surface area contributed by atoms with Crippen LogP contribution in [0.5, 0.6) is 5.75 Å². The van der Waals surface area contributed by atoms with Gasteiger partial charge in [-0.3, -0.25) is 4.79 Å². The second-order valence-corrected chi connectivity index (χ2v) is 6.35. The number of piperazine rings is 1. The number of nitrogens with zero attached hydrogens (tertiary/aromatic N) is 4. The monoisotopic (exact) mass is 355 g/mol. The standard InChI is InChI=1S/C19H25N5O2/c1-4-23-7-9-24(10-8-23)18(25)15-12-20-19(21-13-15)22-16-11-14(2)5-6-17(16)26-3/h5-6,11-13H,4,7-10H2,1-3H3,(H,20,21,22). The van der Waals surface area contributed by atoms with Crippen molar-refractivity contribution in [2.45, 2.75) is 13.8 Å². The van der Waals surface area contributed by atoms with E-state index in [-0.39, 0.29) is 5.91 Å². The van der Waals surface area contributed by atoms with Gasteiger partial charge < -0.3 is 19.9 Å². The van der Waals surface area contributed by atoms with E-state index < -0.39 is 0 Å². The van der Waals surface area contributed by atoms with Crippen LogP contribution in [0.15, 0.2) is 30.6 Å². The number of methoxy groups -OCH3 is 1. The van der Waals surface area contributed by atoms with Crippen LogP contribution in [-0.2, 0) is 0 Å². The van der Waals surface area contributed by atoms with Crippen LogP contribution >= 0.6 is 0 Å². The third-order valence-electron chi connectivity index (χ3n) is 4.61. The zero-order valence-electron chi connectivity index (χ0n) is 15.5. The van der Waals surface area contributed by atoms with Crippen molar-refractivity contribution in [2.24, 2.45) is 0 Å². The van der Waals surface area contributed by atoms with E-state index in [0.29, 0.717) is 17.3 Å². The second-order valence-electron chi connectivity index (χ2n) is 6.35. The maximum Gasteiger partial charge on any atom is 0.257 e. The molecule has 1 saturated heterocycles. The lowest BCUT2D eigenvalue weighted by atomic mass is 10.2. The molecule has 2 heterocycles. The average molecular weight is 355 g/mol. The minimum Gasteiger partial charge on any atom is -0.495 e. The molecule has 0 atom stereocenters. The highest BCUT2D eigenvalue weighted by molar-refractivity contribution is 5.93. The van der Waals surface area contributed by atoms with E-state index in [1.165, 1.54) is 0 Å². The topological polar surface area (TPSA) is 70.6 Å². The van der Waals surface area contributed by atoms with Gasteiger partial charge in [0.2, 0.25) is 5.95 Å². The Morgan fingerprint density at radius 2 is 1.88 bits per heavy atom. The third-order valence-corrected chi connectivity index (χ3v) is 4.61. The van der Waals surface area contributed by atoms with E-state index in [0.717, 1.165) is 44.0 Å². The highest BCUT2D eigenvalue weighted by Gasteiger charge is 2.21. The SMILES string of the molecule is CCN1CCN(C(=O)c2cnc(Nc3cc(C)ccc3OC)nc2)CC1. The summed E-state index contributed by atoms with van der Waals surface area (Å²) >= 11 is 0. The maximum absolute atomic E-state index is 12.6. The van der Waals surface area contributed by atoms with Crippen molar-refractivity contribution in [3.05, 3.63) is 41.7 Å². The molecule has 7 nitrogen and oxygen atoms in total. The van der Waals surface area contributed by atoms with Crippen molar-refractivity contribution in [1.29, 1.82) is 0 Å². The van der Waals surface area contributed by atoms with Gasteiger partial charge in [0.25, 0.3) is 5.91 Å². The number of carbonyl (C=O) groups excluding carboxylic acids is 1. The second kappa shape index (κ2) is 8.14. The summed E-state index contributed by atoms with van der Waals surface area (Å²) < 4.78 is 5.35. The van der Waals surface area contributed by atoms with E-state index >= 15 is 0 Å². The van der Waals surface area contributed by atoms with Gasteiger partial charge in [-0.2, -0.15) is 0 Å². The van der Waals surface area contributed by atoms with Crippen LogP contribution in [0.25, 0.3) is 0 Å². The number of anilines is 2. The fourth-order valence-electron chi connectivity index (χ4n) is 2.99. The van der Waals surface area contributed by atoms with Gasteiger partial charge in [-0.15, -0.1) is 0 Å². The lowest BCUT2D eigenvalue weighted by Gasteiger charge is -2.33. The molecule has 0 saturated carbocycles. The summed E-state index contributed by atoms with van der Waals surface area (Å²) in [6.07, 6.45) is 3.15. The first-order chi connectivity index (χ1) is 12.6. The number of ether oxygens (including phenoxy) is 1. The molecule has 7 heteroatoms. The molecular weight excluding hydrogens is 330 g/mol. The quantitative estimate of drug-likeness (QED) is 0.888. The number of rotatable bonds is 5. The summed E-state index contributed by atoms with van der Waals surface area (Å²) in [6.45, 7) is 8.48. The van der Waals surface area contributed by atoms with Crippen molar-refractivity contribution in [1.82, 2.24) is 19.8 Å². The van der Waals surface area contributed by atoms with Crippen LogP contribution in [0.1, 0.15) is 22.8 Å². The molecule has 0 bridgehead atoms. The van der Waals surface area contributed by atoms with Crippen molar-refractivity contribution >= 4 is 17.5 Å². The van der Waals surface area contributed by atoms with E-state index in [1.54, 1.807) is 19.5 Å². The first kappa shape index (κ1) is 18.1. The number of benzene rings is 1. The number of hydrogen-bond acceptors (Lipinski definition) is 6. The van der Waals surface area contributed by atoms with Crippen LogP contribution in [0, 0.1) is 6.92 Å². The molecule has 3 rings (SSSR count). The van der Waals surface area contributed by atoms with E-state index in [9.17, 15) is 4.79 Å². The third kappa shape index (κ3) is 4.11. The smallest absolute Gasteiger partial charge is 0.257 e. The molecule has 1 aliphatic rings. The molecular formula is C19H25N5O2. The van der Waals surface area contributed by atoms with Gasteiger partial charge in [0.05, 0.1) is 18.4 Å². The van der Waals surface area contributed by atoms with Crippen molar-refractivity contribution in [2.75, 3.05) is 45.2 Å². The minimum absolute atomic E-state index is 0.0135. The Hall–Kier alpha value is -2.67. The molecule has 0 unspecified atom stereocenters. The molecule has 26 heavy (non-hydrogen) atoms. The van der Waals surface area contributed by atoms with E-state index in [2.05, 4.69) is 27.1 Å². The minimum atomic E-state index is -0.0135. The van der Waals surface area contributed by atoms with Gasteiger partial charge in [0.15, 0.2) is 0 Å². The number of carbonyl (C=O) groups is 1. The molecule has 1 aromatic heterocycles. The van der Waals surface area contributed by atoms with Crippen LogP contribution < -0.4 is 10.1 Å². The van der Waals surface area contributed by atoms with Crippen LogP contribution in [0.2, 0.25) is 0 Å². The van der Waals surface area contributed by atoms with E-state index in [1.807, 2.05) is 30.0 Å². The average Bonchev–Trinajstić information content (AvgIpc) is 2.68. The number of aryl methyl sites for hydroxylation is 1. The first-order valence-corrected chi connectivity index (χ1v) is 8.86. The number of hydrogen-bond donors (Lipinski definition) is 1. The molecule has 0 radical (unpaired) electrons. The molecule has 1 amide bonds. The number of aromatic nitrogens is 2. The van der Waals surface area contributed by atoms with E-state index in [4.69, 9.17) is 4.74 Å². The largest absolute Gasteiger partial charge is 0.495 e. The number of likely N-dealkylation sites (N-methyl/N-ethyl adjacent to an activating group) is 1. The summed E-state index contributed by atoms with van der Waals surface area (Å²) in [7, 11) is 1.62. The fraction of sp³-hybridized carbons (Fsp3) is 0.421. The Morgan fingerprint density at radius 1 is 1.19 bits per heavy atom. The van der Waals surface area contributed by atoms with Gasteiger partial charge >= 0.3 is 0 Å². The molecule has 0 aliphatic carbocycles. The molecule has 1 N–H and O–H groups in total. The Balaban J connectivity index is 1.67. The fourth-order valence-corrected chi connectivity index (χ4v) is 2.99. The Labute approximate surface area is 154 Å². The van der Waals surface area contributed by atoms with Crippen LogP contribution in [-0.4, -0.2) is 65.5 Å². The Morgan fingerprint density at radius 3 is 2.50 bits per heavy atom. The van der Waals surface area contributed by atoms with Gasteiger partial charge in [0, 0.05) is 38.6 Å². The maximum atomic E-state index is 12.6. The molecule has 0 spiro atoms. The summed E-state index contributed by atoms with van der Waals surface area (Å²) in [5, 5.41) is 3.14. The lowest BCUT2D eigenvalue weighted by molar-refractivity contribution is 0.0642. The molecule has 2 aromatic rings. The van der Waals surface area contributed by atoms with Crippen LogP contribution in [0.4, 0.5) is 11.6 Å². The summed E-state index contributed by atoms with van der Waals surface area (Å²) in [5.41, 5.74) is 2.41. The van der Waals surface area contributed by atoms with Crippen molar-refractivity contribution < 1.29 is 9.53 Å². The summed E-state index contributed by atoms with van der Waals surface area (Å²) in [4.78, 5) is 25.4. The van der Waals surface area contributed by atoms with Crippen LogP contribution in [0.3, 0.4) is 0 Å². The van der Waals surface area contributed by atoms with Crippen molar-refractivity contribution in [3.8, 4) is 5.75 Å². The number of nitrogens with one attached hydrogen (secondary N) is 1. The highest BCUT2D eigenvalue weighted by Crippen LogP contribution is 2.27. The zero-order chi connectivity index (χ0) is 18.5. The molecule has 1 fully saturated rings. The number of amides is 1. The molecule has 1 aliphatic heterocycles. The predicted octanol–water partition coefficient (Wildman–Crippen LogP) is 2.31. The van der Waals surface area contributed by atoms with Gasteiger partial charge in [-0.1, -0.05) is 13.0 Å². The first-order valence-electron chi connectivity index (χ1n) is 8.86. The van der Waals surface area contributed by atoms with Gasteiger partial charge in [-0.05, 0) is 31.2 Å². The lowest BCUT2D eigenvalue weighted by Crippen LogP contribution is -2.48. The van der Waals surface area contributed by atoms with Gasteiger partial charge in [0.1, 0.15) is 5.75 Å². The Bertz CT molecular complexity index is 755. The summed E-state index contributed by atoms with van der Waals surface area (Å²) in [6, 6.07) is 5.84. The molecule has 138 valence electrons. The molecule has 1 aromatic carbocycles. The van der Waals surface area contributed by atoms with Gasteiger partial charge in [-0.25, -0.2) is 9.97 Å². The highest BCUT2D eigenvalue weighted by atomic mass is 16.5. The predicted molar refractivity (Wildman–Crippen MR) is 101 cm³/mol. The zero-order valence-corrected chi connectivity index (χ0v) is 15.5.